The van der Waals surface area contributed by atoms with E-state index in [2.05, 4.69) is 0 Å². The van der Waals surface area contributed by atoms with Gasteiger partial charge in [0.2, 0.25) is 0 Å². The lowest BCUT2D eigenvalue weighted by atomic mass is 10.2. The number of amides is 1. The van der Waals surface area contributed by atoms with Crippen molar-refractivity contribution < 1.29 is 22.4 Å². The lowest BCUT2D eigenvalue weighted by Gasteiger charge is -2.35. The Morgan fingerprint density at radius 3 is 2.32 bits per heavy atom. The molecule has 3 rings (SSSR count). The Labute approximate surface area is 124 Å². The molecule has 1 aromatic heterocycles. The molecule has 116 valence electrons. The minimum atomic E-state index is -1.21. The van der Waals surface area contributed by atoms with Crippen molar-refractivity contribution in [1.82, 2.24) is 4.90 Å². The molecule has 0 bridgehead atoms. The summed E-state index contributed by atoms with van der Waals surface area (Å²) < 4.78 is 45.0. The van der Waals surface area contributed by atoms with Crippen LogP contribution in [-0.4, -0.2) is 37.0 Å². The van der Waals surface area contributed by atoms with Gasteiger partial charge in [-0.2, -0.15) is 0 Å². The minimum Gasteiger partial charge on any atom is -0.459 e. The number of hydrogen-bond donors (Lipinski definition) is 0. The smallest absolute Gasteiger partial charge is 0.289 e. The third kappa shape index (κ3) is 2.66. The molecule has 2 heterocycles. The van der Waals surface area contributed by atoms with E-state index in [-0.39, 0.29) is 17.4 Å². The number of benzene rings is 1. The molecule has 1 aliphatic rings. The number of nitrogens with zero attached hydrogens (tertiary/aromatic N) is 2. The Morgan fingerprint density at radius 1 is 1.00 bits per heavy atom. The highest BCUT2D eigenvalue weighted by Gasteiger charge is 2.25. The summed E-state index contributed by atoms with van der Waals surface area (Å²) in [6.07, 6.45) is 1.42. The normalized spacial score (nSPS) is 15.2. The van der Waals surface area contributed by atoms with Gasteiger partial charge in [0.25, 0.3) is 5.91 Å². The molecular formula is C15H13F3N2O2. The Bertz CT molecular complexity index is 680. The standard InChI is InChI=1S/C15H13F3N2O2/c16-10-8-12(18)13(9-11(10)17)19-3-5-20(6-4-19)15(21)14-2-1-7-22-14/h1-2,7-9H,3-6H2. The molecule has 0 spiro atoms. The van der Waals surface area contributed by atoms with E-state index in [1.807, 2.05) is 0 Å². The molecule has 7 heteroatoms. The van der Waals surface area contributed by atoms with E-state index in [1.54, 1.807) is 21.9 Å². The van der Waals surface area contributed by atoms with Gasteiger partial charge in [-0.25, -0.2) is 13.2 Å². The average molecular weight is 310 g/mol. The third-order valence-electron chi connectivity index (χ3n) is 3.63. The van der Waals surface area contributed by atoms with Crippen molar-refractivity contribution in [2.75, 3.05) is 31.1 Å². The minimum absolute atomic E-state index is 0.00370. The summed E-state index contributed by atoms with van der Waals surface area (Å²) in [5.41, 5.74) is 0.00370. The molecule has 1 saturated heterocycles. The summed E-state index contributed by atoms with van der Waals surface area (Å²) in [5.74, 6) is -3.12. The number of halogens is 3. The van der Waals surface area contributed by atoms with Crippen molar-refractivity contribution in [2.24, 2.45) is 0 Å². The Balaban J connectivity index is 1.69. The Hall–Kier alpha value is -2.44. The van der Waals surface area contributed by atoms with Crippen LogP contribution >= 0.6 is 0 Å². The highest BCUT2D eigenvalue weighted by Crippen LogP contribution is 2.24. The van der Waals surface area contributed by atoms with Crippen LogP contribution in [0.3, 0.4) is 0 Å². The first-order chi connectivity index (χ1) is 10.6. The summed E-state index contributed by atoms with van der Waals surface area (Å²) in [6.45, 7) is 1.35. The van der Waals surface area contributed by atoms with Crippen molar-refractivity contribution in [3.8, 4) is 0 Å². The van der Waals surface area contributed by atoms with E-state index in [4.69, 9.17) is 4.42 Å². The van der Waals surface area contributed by atoms with Crippen molar-refractivity contribution in [1.29, 1.82) is 0 Å². The monoisotopic (exact) mass is 310 g/mol. The van der Waals surface area contributed by atoms with Crippen molar-refractivity contribution in [2.45, 2.75) is 0 Å². The van der Waals surface area contributed by atoms with Crippen molar-refractivity contribution >= 4 is 11.6 Å². The Morgan fingerprint density at radius 2 is 1.68 bits per heavy atom. The largest absolute Gasteiger partial charge is 0.459 e. The van der Waals surface area contributed by atoms with Crippen LogP contribution in [0.15, 0.2) is 34.9 Å². The first-order valence-corrected chi connectivity index (χ1v) is 6.78. The molecule has 1 fully saturated rings. The van der Waals surface area contributed by atoms with Gasteiger partial charge in [-0.05, 0) is 12.1 Å². The topological polar surface area (TPSA) is 36.7 Å². The number of piperazine rings is 1. The van der Waals surface area contributed by atoms with Crippen LogP contribution in [0.5, 0.6) is 0 Å². The van der Waals surface area contributed by atoms with Gasteiger partial charge >= 0.3 is 0 Å². The highest BCUT2D eigenvalue weighted by molar-refractivity contribution is 5.91. The van der Waals surface area contributed by atoms with Crippen LogP contribution < -0.4 is 4.90 Å². The maximum Gasteiger partial charge on any atom is 0.289 e. The van der Waals surface area contributed by atoms with Crippen LogP contribution in [0.25, 0.3) is 0 Å². The second-order valence-electron chi connectivity index (χ2n) is 4.97. The van der Waals surface area contributed by atoms with Crippen molar-refractivity contribution in [3.05, 3.63) is 53.7 Å². The van der Waals surface area contributed by atoms with Gasteiger partial charge in [-0.1, -0.05) is 0 Å². The van der Waals surface area contributed by atoms with Crippen LogP contribution in [0.4, 0.5) is 18.9 Å². The summed E-state index contributed by atoms with van der Waals surface area (Å²) >= 11 is 0. The van der Waals surface area contributed by atoms with Gasteiger partial charge in [0.1, 0.15) is 5.82 Å². The van der Waals surface area contributed by atoms with Crippen molar-refractivity contribution in [3.63, 3.8) is 0 Å². The molecule has 4 nitrogen and oxygen atoms in total. The van der Waals surface area contributed by atoms with Crippen LogP contribution in [0, 0.1) is 17.5 Å². The molecule has 0 saturated carbocycles. The number of carbonyl (C=O) groups is 1. The maximum absolute atomic E-state index is 13.8. The molecule has 0 N–H and O–H groups in total. The predicted molar refractivity (Wildman–Crippen MR) is 73.1 cm³/mol. The summed E-state index contributed by atoms with van der Waals surface area (Å²) in [6, 6.07) is 4.57. The number of rotatable bonds is 2. The lowest BCUT2D eigenvalue weighted by molar-refractivity contribution is 0.0714. The zero-order chi connectivity index (χ0) is 15.7. The van der Waals surface area contributed by atoms with Gasteiger partial charge in [0, 0.05) is 38.3 Å². The zero-order valence-corrected chi connectivity index (χ0v) is 11.6. The fourth-order valence-electron chi connectivity index (χ4n) is 2.46. The summed E-state index contributed by atoms with van der Waals surface area (Å²) in [5, 5.41) is 0. The third-order valence-corrected chi connectivity index (χ3v) is 3.63. The van der Waals surface area contributed by atoms with E-state index in [1.165, 1.54) is 6.26 Å². The Kier molecular flexibility index (Phi) is 3.79. The molecule has 0 aliphatic carbocycles. The quantitative estimate of drug-likeness (QED) is 0.800. The summed E-state index contributed by atoms with van der Waals surface area (Å²) in [7, 11) is 0. The first-order valence-electron chi connectivity index (χ1n) is 6.78. The molecular weight excluding hydrogens is 297 g/mol. The lowest BCUT2D eigenvalue weighted by Crippen LogP contribution is -2.49. The molecule has 0 unspecified atom stereocenters. The van der Waals surface area contributed by atoms with E-state index in [0.717, 1.165) is 6.07 Å². The second-order valence-corrected chi connectivity index (χ2v) is 4.97. The number of carbonyl (C=O) groups excluding carboxylic acids is 1. The predicted octanol–water partition coefficient (Wildman–Crippen LogP) is 2.66. The van der Waals surface area contributed by atoms with Gasteiger partial charge < -0.3 is 14.2 Å². The summed E-state index contributed by atoms with van der Waals surface area (Å²) in [4.78, 5) is 15.3. The molecule has 1 aliphatic heterocycles. The van der Waals surface area contributed by atoms with E-state index < -0.39 is 17.5 Å². The molecule has 1 amide bonds. The van der Waals surface area contributed by atoms with E-state index in [0.29, 0.717) is 32.2 Å². The van der Waals surface area contributed by atoms with E-state index in [9.17, 15) is 18.0 Å². The van der Waals surface area contributed by atoms with Crippen LogP contribution in [0.2, 0.25) is 0 Å². The zero-order valence-electron chi connectivity index (χ0n) is 11.6. The molecule has 0 atom stereocenters. The number of hydrogen-bond acceptors (Lipinski definition) is 3. The SMILES string of the molecule is O=C(c1ccco1)N1CCN(c2cc(F)c(F)cc2F)CC1. The molecule has 22 heavy (non-hydrogen) atoms. The molecule has 1 aromatic carbocycles. The van der Waals surface area contributed by atoms with Gasteiger partial charge in [-0.3, -0.25) is 4.79 Å². The fraction of sp³-hybridized carbons (Fsp3) is 0.267. The first kappa shape index (κ1) is 14.5. The van der Waals surface area contributed by atoms with Gasteiger partial charge in [-0.15, -0.1) is 0 Å². The van der Waals surface area contributed by atoms with Crippen LogP contribution in [-0.2, 0) is 0 Å². The molecule has 2 aromatic rings. The van der Waals surface area contributed by atoms with E-state index >= 15 is 0 Å². The maximum atomic E-state index is 13.8. The van der Waals surface area contributed by atoms with Gasteiger partial charge in [0.15, 0.2) is 17.4 Å². The fourth-order valence-corrected chi connectivity index (χ4v) is 2.46. The van der Waals surface area contributed by atoms with Gasteiger partial charge in [0.05, 0.1) is 12.0 Å². The average Bonchev–Trinajstić information content (AvgIpc) is 3.05. The second kappa shape index (κ2) is 5.75. The highest BCUT2D eigenvalue weighted by atomic mass is 19.2. The number of anilines is 1. The number of furan rings is 1. The van der Waals surface area contributed by atoms with Crippen LogP contribution in [0.1, 0.15) is 10.6 Å². The molecule has 0 radical (unpaired) electrons.